The van der Waals surface area contributed by atoms with Gasteiger partial charge in [0.2, 0.25) is 0 Å². The van der Waals surface area contributed by atoms with E-state index in [2.05, 4.69) is 196 Å². The van der Waals surface area contributed by atoms with Crippen LogP contribution in [0.3, 0.4) is 0 Å². The second-order valence-electron chi connectivity index (χ2n) is 35.6. The van der Waals surface area contributed by atoms with Crippen molar-refractivity contribution in [1.82, 2.24) is 59.8 Å². The van der Waals surface area contributed by atoms with E-state index < -0.39 is 0 Å². The molecule has 0 unspecified atom stereocenters. The number of para-hydroxylation sites is 4. The Balaban J connectivity index is 0.000000105. The lowest BCUT2D eigenvalue weighted by atomic mass is 9.92. The zero-order valence-electron chi connectivity index (χ0n) is 77.2. The van der Waals surface area contributed by atoms with E-state index in [4.69, 9.17) is 77.8 Å². The van der Waals surface area contributed by atoms with E-state index in [1.54, 1.807) is 72.8 Å². The van der Waals surface area contributed by atoms with Crippen LogP contribution in [0.5, 0.6) is 47.0 Å². The van der Waals surface area contributed by atoms with Gasteiger partial charge in [-0.15, -0.1) is 0 Å². The van der Waals surface area contributed by atoms with Crippen molar-refractivity contribution in [1.29, 1.82) is 0 Å². The van der Waals surface area contributed by atoms with Gasteiger partial charge in [-0.1, -0.05) is 255 Å². The summed E-state index contributed by atoms with van der Waals surface area (Å²) in [6.07, 6.45) is 6.15. The summed E-state index contributed by atoms with van der Waals surface area (Å²) in [6, 6.07) is 109. The maximum Gasteiger partial charge on any atom is 0.320 e. The number of hydrogen-bond acceptors (Lipinski definition) is 24. The first-order chi connectivity index (χ1) is 70.0. The van der Waals surface area contributed by atoms with Gasteiger partial charge in [-0.05, 0) is 181 Å². The first-order valence-corrected chi connectivity index (χ1v) is 48.0. The van der Waals surface area contributed by atoms with Crippen molar-refractivity contribution in [3.8, 4) is 138 Å². The van der Waals surface area contributed by atoms with E-state index in [1.807, 2.05) is 78.9 Å². The van der Waals surface area contributed by atoms with Gasteiger partial charge in [0.15, 0.2) is 46.6 Å². The van der Waals surface area contributed by atoms with Gasteiger partial charge in [0, 0.05) is 73.6 Å². The monoisotopic (exact) mass is 1870 g/mol. The van der Waals surface area contributed by atoms with Crippen molar-refractivity contribution < 1.29 is 58.3 Å². The summed E-state index contributed by atoms with van der Waals surface area (Å²) < 4.78 is 46.8. The SMILES string of the molecule is Oc1ccccc1-c1nc(OC2CCOCC2)nc(-c2c3ccccc3cc3ccccc23)n1.Oc1ccccc1-c1nc(OC2CCOCC2)nc(-c2cc3c4ccccc4ccc3c3ccccc23)n1.Oc1ccccc1-c1nc(OC2CCOCC2)nc(-c2cc3ccccc3c3ccccc23)n1.Oc1ccccc1-c1nc(OC2CCOCC2)nc(-c2ccc3ccc4cccc5ccc2c3c45)n1. The number of ether oxygens (including phenoxy) is 8. The van der Waals surface area contributed by atoms with Crippen molar-refractivity contribution in [2.24, 2.45) is 0 Å². The van der Waals surface area contributed by atoms with Crippen molar-refractivity contribution >= 4 is 108 Å². The Morgan fingerprint density at radius 1 is 0.183 bits per heavy atom. The minimum absolute atomic E-state index is 0.0189. The predicted octanol–water partition coefficient (Wildman–Crippen LogP) is 24.8. The number of phenols is 4. The Labute approximate surface area is 815 Å². The quantitative estimate of drug-likeness (QED) is 0.0516. The van der Waals surface area contributed by atoms with Gasteiger partial charge in [-0.2, -0.15) is 39.9 Å². The summed E-state index contributed by atoms with van der Waals surface area (Å²) in [5.41, 5.74) is 5.74. The molecular formula is C118H94N12O12. The predicted molar refractivity (Wildman–Crippen MR) is 554 cm³/mol. The molecule has 4 N–H and O–H groups in total. The Morgan fingerprint density at radius 3 is 0.866 bits per heavy atom. The Hall–Kier alpha value is -16.9. The molecule has 24 nitrogen and oxygen atoms in total. The molecule has 0 spiro atoms. The molecule has 0 aliphatic carbocycles. The van der Waals surface area contributed by atoms with E-state index in [0.29, 0.717) is 122 Å². The van der Waals surface area contributed by atoms with Crippen LogP contribution in [0.1, 0.15) is 51.4 Å². The number of hydrogen-bond donors (Lipinski definition) is 4. The standard InChI is InChI=1S/C32H25N3O3.C30H23N3O3.2C28H23N3O3/c36-29-12-6-5-11-26(29)30-33-31(35-32(34-30)38-21-15-17-37-18-16-21)28-19-27-22-8-2-1-7-20(22)13-14-25(27)23-9-3-4-10-24(23)28;34-25-7-2-1-6-24(25)29-31-28(32-30(33-29)36-21-14-16-35-17-15-21)23-13-11-20-9-8-18-4-3-5-19-10-12-22(23)27(20)26(18)19;32-24-12-6-5-11-23(24)26-29-27(31-28(30-26)34-20-13-15-33-16-14-20)25-21-9-3-1-7-18(21)17-19-8-2-4-10-22(19)25;32-25-12-6-5-11-23(25)26-29-27(31-28(30-26)34-19-13-15-33-16-14-19)24-17-18-7-1-2-8-20(18)21-9-3-4-10-22(21)24/h1-14,19,21,36H,15-18H2;1-13,21,34H,14-17H2;1-12,17,20,32H,13-16H2;1-12,17,19,32H,13-16H2. The van der Waals surface area contributed by atoms with Gasteiger partial charge in [-0.25, -0.2) is 19.9 Å². The topological polar surface area (TPSA) is 309 Å². The molecule has 24 heteroatoms. The molecule has 22 aromatic rings. The van der Waals surface area contributed by atoms with Crippen molar-refractivity contribution in [2.75, 3.05) is 52.9 Å². The zero-order valence-corrected chi connectivity index (χ0v) is 77.2. The number of phenolic OH excluding ortho intramolecular Hbond substituents is 4. The number of benzene rings is 18. The van der Waals surface area contributed by atoms with Gasteiger partial charge in [-0.3, -0.25) is 0 Å². The Kier molecular flexibility index (Phi) is 25.0. The van der Waals surface area contributed by atoms with E-state index >= 15 is 0 Å². The molecular weight excluding hydrogens is 1780 g/mol. The smallest absolute Gasteiger partial charge is 0.320 e. The molecule has 8 heterocycles. The molecule has 4 aliphatic heterocycles. The Bertz CT molecular complexity index is 8400. The molecule has 4 aromatic heterocycles. The summed E-state index contributed by atoms with van der Waals surface area (Å²) in [5, 5.41) is 64.8. The largest absolute Gasteiger partial charge is 0.507 e. The van der Waals surface area contributed by atoms with Crippen LogP contribution >= 0.6 is 0 Å². The summed E-state index contributed by atoms with van der Waals surface area (Å²) in [5.74, 6) is 4.00. The number of fused-ring (bicyclic) bond motifs is 10. The highest BCUT2D eigenvalue weighted by molar-refractivity contribution is 6.26. The van der Waals surface area contributed by atoms with E-state index in [-0.39, 0.29) is 71.5 Å². The maximum atomic E-state index is 10.6. The van der Waals surface area contributed by atoms with Crippen LogP contribution in [-0.4, -0.2) is 158 Å². The second-order valence-corrected chi connectivity index (χ2v) is 35.6. The number of rotatable bonds is 16. The fraction of sp³-hybridized carbons (Fsp3) is 0.169. The molecule has 4 aliphatic rings. The second kappa shape index (κ2) is 39.9. The Morgan fingerprint density at radius 2 is 0.451 bits per heavy atom. The highest BCUT2D eigenvalue weighted by Crippen LogP contribution is 2.45. The van der Waals surface area contributed by atoms with Crippen LogP contribution in [-0.2, 0) is 18.9 Å². The van der Waals surface area contributed by atoms with Gasteiger partial charge in [0.1, 0.15) is 47.4 Å². The van der Waals surface area contributed by atoms with Crippen LogP contribution in [0.15, 0.2) is 328 Å². The fourth-order valence-electron chi connectivity index (χ4n) is 19.5. The highest BCUT2D eigenvalue weighted by Gasteiger charge is 2.29. The minimum atomic E-state index is -0.0338. The molecule has 0 bridgehead atoms. The molecule has 18 aromatic carbocycles. The molecule has 26 rings (SSSR count). The van der Waals surface area contributed by atoms with Crippen molar-refractivity contribution in [3.63, 3.8) is 0 Å². The third-order valence-corrected chi connectivity index (χ3v) is 26.6. The van der Waals surface area contributed by atoms with Crippen LogP contribution in [0.2, 0.25) is 0 Å². The zero-order chi connectivity index (χ0) is 95.4. The van der Waals surface area contributed by atoms with Gasteiger partial charge < -0.3 is 58.3 Å². The summed E-state index contributed by atoms with van der Waals surface area (Å²) >= 11 is 0. The lowest BCUT2D eigenvalue weighted by Crippen LogP contribution is -2.26. The first kappa shape index (κ1) is 89.0. The molecule has 0 saturated carbocycles. The molecule has 0 radical (unpaired) electrons. The van der Waals surface area contributed by atoms with E-state index in [1.165, 1.54) is 48.5 Å². The lowest BCUT2D eigenvalue weighted by Gasteiger charge is -2.22. The average Bonchev–Trinajstić information content (AvgIpc) is 0.730. The fourth-order valence-corrected chi connectivity index (χ4v) is 19.5. The lowest BCUT2D eigenvalue weighted by molar-refractivity contribution is 0.0214. The highest BCUT2D eigenvalue weighted by atomic mass is 16.5. The van der Waals surface area contributed by atoms with Gasteiger partial charge in [0.25, 0.3) is 0 Å². The molecule has 142 heavy (non-hydrogen) atoms. The summed E-state index contributed by atoms with van der Waals surface area (Å²) in [4.78, 5) is 56.9. The van der Waals surface area contributed by atoms with E-state index in [0.717, 1.165) is 133 Å². The molecule has 698 valence electrons. The first-order valence-electron chi connectivity index (χ1n) is 48.0. The maximum absolute atomic E-state index is 10.6. The number of aromatic hydroxyl groups is 4. The number of nitrogens with zero attached hydrogens (tertiary/aromatic N) is 12. The van der Waals surface area contributed by atoms with Crippen molar-refractivity contribution in [3.05, 3.63) is 328 Å². The molecule has 4 saturated heterocycles. The molecule has 4 fully saturated rings. The summed E-state index contributed by atoms with van der Waals surface area (Å²) in [6.45, 7) is 5.24. The van der Waals surface area contributed by atoms with Crippen LogP contribution in [0.4, 0.5) is 0 Å². The third-order valence-electron chi connectivity index (χ3n) is 26.6. The molecule has 0 atom stereocenters. The number of aromatic nitrogens is 12. The van der Waals surface area contributed by atoms with Crippen LogP contribution in [0, 0.1) is 0 Å². The van der Waals surface area contributed by atoms with Gasteiger partial charge >= 0.3 is 24.0 Å². The average molecular weight is 1870 g/mol. The van der Waals surface area contributed by atoms with Crippen molar-refractivity contribution in [2.45, 2.75) is 75.8 Å². The van der Waals surface area contributed by atoms with Crippen LogP contribution < -0.4 is 18.9 Å². The van der Waals surface area contributed by atoms with E-state index in [9.17, 15) is 20.4 Å². The van der Waals surface area contributed by atoms with Gasteiger partial charge in [0.05, 0.1) is 75.1 Å². The molecule has 0 amide bonds. The van der Waals surface area contributed by atoms with Crippen LogP contribution in [0.25, 0.3) is 199 Å². The summed E-state index contributed by atoms with van der Waals surface area (Å²) in [7, 11) is 0. The normalized spacial score (nSPS) is 14.5. The third kappa shape index (κ3) is 18.5. The minimum Gasteiger partial charge on any atom is -0.507 e.